The van der Waals surface area contributed by atoms with Crippen molar-refractivity contribution in [3.63, 3.8) is 0 Å². The predicted octanol–water partition coefficient (Wildman–Crippen LogP) is 4.58. The minimum Gasteiger partial charge on any atom is -0.494 e. The number of carbonyl (C=O) groups is 1. The second kappa shape index (κ2) is 8.91. The number of benzene rings is 2. The average Bonchev–Trinajstić information content (AvgIpc) is 3.26. The number of aromatic amines is 1. The minimum absolute atomic E-state index is 0.176. The Balaban J connectivity index is 1.47. The monoisotopic (exact) mass is 456 g/mol. The van der Waals surface area contributed by atoms with Crippen molar-refractivity contribution in [3.8, 4) is 17.1 Å². The molecule has 0 bridgehead atoms. The molecule has 1 amide bonds. The fourth-order valence-corrected chi connectivity index (χ4v) is 3.69. The van der Waals surface area contributed by atoms with Gasteiger partial charge in [0.2, 0.25) is 11.9 Å². The van der Waals surface area contributed by atoms with Gasteiger partial charge < -0.3 is 9.30 Å². The first kappa shape index (κ1) is 21.1. The zero-order valence-corrected chi connectivity index (χ0v) is 18.6. The molecule has 0 fully saturated rings. The van der Waals surface area contributed by atoms with Gasteiger partial charge in [0.15, 0.2) is 10.6 Å². The summed E-state index contributed by atoms with van der Waals surface area (Å²) in [6.07, 6.45) is 0.210. The highest BCUT2D eigenvalue weighted by Gasteiger charge is 2.14. The van der Waals surface area contributed by atoms with Crippen LogP contribution >= 0.6 is 23.8 Å². The van der Waals surface area contributed by atoms with Gasteiger partial charge in [0, 0.05) is 30.6 Å². The maximum atomic E-state index is 12.6. The number of fused-ring (bicyclic) bond motifs is 1. The van der Waals surface area contributed by atoms with Crippen LogP contribution in [0.1, 0.15) is 13.3 Å². The van der Waals surface area contributed by atoms with E-state index in [1.165, 1.54) is 0 Å². The number of carbonyl (C=O) groups excluding carboxylic acids is 1. The molecule has 31 heavy (non-hydrogen) atoms. The summed E-state index contributed by atoms with van der Waals surface area (Å²) in [6.45, 7) is 2.91. The van der Waals surface area contributed by atoms with Gasteiger partial charge in [-0.3, -0.25) is 19.8 Å². The Kier molecular flexibility index (Phi) is 6.06. The number of imidazole rings is 1. The molecule has 10 heteroatoms. The molecule has 0 saturated carbocycles. The van der Waals surface area contributed by atoms with Crippen molar-refractivity contribution in [3.05, 3.63) is 52.3 Å². The highest BCUT2D eigenvalue weighted by Crippen LogP contribution is 2.23. The number of hydrogen-bond acceptors (Lipinski definition) is 5. The van der Waals surface area contributed by atoms with Crippen LogP contribution in [0.15, 0.2) is 42.5 Å². The van der Waals surface area contributed by atoms with Gasteiger partial charge in [-0.1, -0.05) is 11.6 Å². The highest BCUT2D eigenvalue weighted by atomic mass is 35.5. The number of aryl methyl sites for hydroxylation is 1. The van der Waals surface area contributed by atoms with Crippen LogP contribution in [-0.2, 0) is 18.4 Å². The molecule has 0 aliphatic carbocycles. The number of anilines is 1. The van der Waals surface area contributed by atoms with Gasteiger partial charge >= 0.3 is 0 Å². The summed E-state index contributed by atoms with van der Waals surface area (Å²) in [4.78, 5) is 17.0. The Labute approximate surface area is 188 Å². The van der Waals surface area contributed by atoms with Crippen LogP contribution in [0.3, 0.4) is 0 Å². The van der Waals surface area contributed by atoms with Gasteiger partial charge in [-0.25, -0.2) is 4.98 Å². The van der Waals surface area contributed by atoms with Gasteiger partial charge in [0.05, 0.1) is 17.6 Å². The molecular formula is C21H21ClN6O2S. The van der Waals surface area contributed by atoms with Crippen molar-refractivity contribution in [1.29, 1.82) is 0 Å². The molecule has 0 radical (unpaired) electrons. The van der Waals surface area contributed by atoms with Gasteiger partial charge in [0.25, 0.3) is 0 Å². The zero-order valence-electron chi connectivity index (χ0n) is 17.1. The fourth-order valence-electron chi connectivity index (χ4n) is 3.30. The number of amides is 1. The first-order chi connectivity index (χ1) is 15.0. The number of H-pyrrole nitrogens is 1. The Morgan fingerprint density at radius 3 is 2.77 bits per heavy atom. The van der Waals surface area contributed by atoms with E-state index in [1.807, 2.05) is 48.9 Å². The normalized spacial score (nSPS) is 11.1. The molecular weight excluding hydrogens is 436 g/mol. The maximum absolute atomic E-state index is 12.6. The maximum Gasteiger partial charge on any atom is 0.228 e. The molecule has 0 aliphatic rings. The van der Waals surface area contributed by atoms with Crippen molar-refractivity contribution >= 4 is 46.7 Å². The van der Waals surface area contributed by atoms with Crippen LogP contribution in [-0.4, -0.2) is 36.8 Å². The average molecular weight is 457 g/mol. The summed E-state index contributed by atoms with van der Waals surface area (Å²) < 4.78 is 9.56. The largest absolute Gasteiger partial charge is 0.494 e. The molecule has 160 valence electrons. The van der Waals surface area contributed by atoms with E-state index in [4.69, 9.17) is 28.6 Å². The summed E-state index contributed by atoms with van der Waals surface area (Å²) in [5.74, 6) is 1.74. The first-order valence-electron chi connectivity index (χ1n) is 9.76. The van der Waals surface area contributed by atoms with E-state index in [-0.39, 0.29) is 12.3 Å². The van der Waals surface area contributed by atoms with Crippen molar-refractivity contribution in [1.82, 2.24) is 24.3 Å². The van der Waals surface area contributed by atoms with E-state index in [1.54, 1.807) is 16.7 Å². The van der Waals surface area contributed by atoms with Crippen LogP contribution in [0.5, 0.6) is 5.75 Å². The molecule has 0 atom stereocenters. The molecule has 4 rings (SSSR count). The van der Waals surface area contributed by atoms with E-state index < -0.39 is 0 Å². The number of nitrogens with zero attached hydrogens (tertiary/aromatic N) is 4. The smallest absolute Gasteiger partial charge is 0.228 e. The lowest BCUT2D eigenvalue weighted by Gasteiger charge is -2.09. The number of rotatable bonds is 7. The summed E-state index contributed by atoms with van der Waals surface area (Å²) >= 11 is 11.4. The van der Waals surface area contributed by atoms with Gasteiger partial charge in [-0.05, 0) is 61.6 Å². The standard InChI is InChI=1S/C21H21ClN6O2S/c1-3-30-15-7-4-13(5-8-15)19-25-26-21(31)28(19)11-10-18(29)24-20-23-16-12-14(22)6-9-17(16)27(20)2/h4-9,12H,3,10-11H2,1-2H3,(H,26,31)(H,23,24,29). The van der Waals surface area contributed by atoms with Crippen LogP contribution < -0.4 is 10.1 Å². The predicted molar refractivity (Wildman–Crippen MR) is 123 cm³/mol. The number of aromatic nitrogens is 5. The van der Waals surface area contributed by atoms with Crippen LogP contribution in [0.2, 0.25) is 5.02 Å². The van der Waals surface area contributed by atoms with Crippen LogP contribution in [0.4, 0.5) is 5.95 Å². The van der Waals surface area contributed by atoms with Gasteiger partial charge in [-0.15, -0.1) is 0 Å². The van der Waals surface area contributed by atoms with Crippen LogP contribution in [0, 0.1) is 4.77 Å². The van der Waals surface area contributed by atoms with E-state index in [0.717, 1.165) is 22.3 Å². The Morgan fingerprint density at radius 2 is 2.03 bits per heavy atom. The Hall–Kier alpha value is -3.17. The van der Waals surface area contributed by atoms with Gasteiger partial charge in [-0.2, -0.15) is 5.10 Å². The molecule has 2 aromatic carbocycles. The lowest BCUT2D eigenvalue weighted by atomic mass is 10.2. The SMILES string of the molecule is CCOc1ccc(-c2n[nH]c(=S)n2CCC(=O)Nc2nc3cc(Cl)ccc3n2C)cc1. The summed E-state index contributed by atoms with van der Waals surface area (Å²) in [5.41, 5.74) is 2.48. The lowest BCUT2D eigenvalue weighted by molar-refractivity contribution is -0.116. The van der Waals surface area contributed by atoms with Gasteiger partial charge in [0.1, 0.15) is 5.75 Å². The second-order valence-corrected chi connectivity index (χ2v) is 7.71. The third-order valence-electron chi connectivity index (χ3n) is 4.84. The zero-order chi connectivity index (χ0) is 22.0. The molecule has 2 heterocycles. The van der Waals surface area contributed by atoms with Crippen molar-refractivity contribution in [2.45, 2.75) is 19.9 Å². The molecule has 0 aliphatic heterocycles. The second-order valence-electron chi connectivity index (χ2n) is 6.89. The third kappa shape index (κ3) is 4.47. The van der Waals surface area contributed by atoms with E-state index in [0.29, 0.717) is 34.7 Å². The minimum atomic E-state index is -0.176. The summed E-state index contributed by atoms with van der Waals surface area (Å²) in [5, 5.41) is 10.6. The molecule has 2 N–H and O–H groups in total. The molecule has 2 aromatic heterocycles. The number of halogens is 1. The van der Waals surface area contributed by atoms with Crippen LogP contribution in [0.25, 0.3) is 22.4 Å². The fraction of sp³-hybridized carbons (Fsp3) is 0.238. The lowest BCUT2D eigenvalue weighted by Crippen LogP contribution is -2.17. The molecule has 4 aromatic rings. The number of ether oxygens (including phenoxy) is 1. The molecule has 0 spiro atoms. The molecule has 0 unspecified atom stereocenters. The van der Waals surface area contributed by atoms with E-state index in [9.17, 15) is 4.79 Å². The topological polar surface area (TPSA) is 89.8 Å². The van der Waals surface area contributed by atoms with Crippen molar-refractivity contribution < 1.29 is 9.53 Å². The molecule has 8 nitrogen and oxygen atoms in total. The number of hydrogen-bond donors (Lipinski definition) is 2. The Bertz CT molecular complexity index is 1290. The number of nitrogens with one attached hydrogen (secondary N) is 2. The van der Waals surface area contributed by atoms with E-state index >= 15 is 0 Å². The van der Waals surface area contributed by atoms with Crippen molar-refractivity contribution in [2.24, 2.45) is 7.05 Å². The quantitative estimate of drug-likeness (QED) is 0.397. The Morgan fingerprint density at radius 1 is 1.26 bits per heavy atom. The summed E-state index contributed by atoms with van der Waals surface area (Å²) in [6, 6.07) is 13.0. The molecule has 0 saturated heterocycles. The highest BCUT2D eigenvalue weighted by molar-refractivity contribution is 7.71. The van der Waals surface area contributed by atoms with Crippen molar-refractivity contribution in [2.75, 3.05) is 11.9 Å². The first-order valence-corrected chi connectivity index (χ1v) is 10.5. The summed E-state index contributed by atoms with van der Waals surface area (Å²) in [7, 11) is 1.84. The third-order valence-corrected chi connectivity index (χ3v) is 5.39. The van der Waals surface area contributed by atoms with E-state index in [2.05, 4.69) is 20.5 Å².